The average Bonchev–Trinajstić information content (AvgIpc) is 2.50. The van der Waals surface area contributed by atoms with Crippen molar-refractivity contribution >= 4 is 16.7 Å². The summed E-state index contributed by atoms with van der Waals surface area (Å²) in [6.07, 6.45) is 1.98. The van der Waals surface area contributed by atoms with Crippen LogP contribution in [-0.2, 0) is 6.42 Å². The Morgan fingerprint density at radius 3 is 2.67 bits per heavy atom. The van der Waals surface area contributed by atoms with Gasteiger partial charge in [0.25, 0.3) is 0 Å². The fraction of sp³-hybridized carbons (Fsp3) is 0.800. The van der Waals surface area contributed by atoms with Gasteiger partial charge in [0.1, 0.15) is 5.82 Å². The maximum atomic E-state index is 9.67. The van der Waals surface area contributed by atoms with E-state index in [1.165, 1.54) is 11.5 Å². The molecule has 1 heterocycles. The van der Waals surface area contributed by atoms with Crippen molar-refractivity contribution in [3.05, 3.63) is 5.82 Å². The van der Waals surface area contributed by atoms with Gasteiger partial charge in [-0.2, -0.15) is 4.37 Å². The Morgan fingerprint density at radius 2 is 2.13 bits per heavy atom. The summed E-state index contributed by atoms with van der Waals surface area (Å²) in [5.74, 6) is 0.903. The summed E-state index contributed by atoms with van der Waals surface area (Å²) >= 11 is 1.39. The van der Waals surface area contributed by atoms with Gasteiger partial charge in [0, 0.05) is 31.5 Å². The summed E-state index contributed by atoms with van der Waals surface area (Å²) in [6, 6.07) is 0. The highest BCUT2D eigenvalue weighted by Gasteiger charge is 2.18. The Balaban J connectivity index is 2.61. The number of anilines is 1. The van der Waals surface area contributed by atoms with Gasteiger partial charge < -0.3 is 10.0 Å². The van der Waals surface area contributed by atoms with E-state index in [4.69, 9.17) is 0 Å². The van der Waals surface area contributed by atoms with Crippen LogP contribution in [0.2, 0.25) is 0 Å². The van der Waals surface area contributed by atoms with Gasteiger partial charge in [-0.15, -0.1) is 0 Å². The lowest BCUT2D eigenvalue weighted by atomic mass is 10.1. The first-order valence-corrected chi connectivity index (χ1v) is 5.96. The highest BCUT2D eigenvalue weighted by Crippen LogP contribution is 2.18. The van der Waals surface area contributed by atoms with Crippen LogP contribution in [0.1, 0.15) is 33.0 Å². The second-order valence-corrected chi connectivity index (χ2v) is 5.14. The number of aryl methyl sites for hydroxylation is 1. The maximum Gasteiger partial charge on any atom is 0.205 e. The molecule has 15 heavy (non-hydrogen) atoms. The summed E-state index contributed by atoms with van der Waals surface area (Å²) in [5.41, 5.74) is -0.703. The molecule has 0 saturated heterocycles. The molecule has 0 aliphatic carbocycles. The van der Waals surface area contributed by atoms with Crippen LogP contribution in [0.4, 0.5) is 5.13 Å². The second-order valence-electron chi connectivity index (χ2n) is 4.41. The lowest BCUT2D eigenvalue weighted by molar-refractivity contribution is 0.0886. The van der Waals surface area contributed by atoms with Crippen LogP contribution in [0.25, 0.3) is 0 Å². The van der Waals surface area contributed by atoms with Crippen molar-refractivity contribution in [2.24, 2.45) is 0 Å². The molecule has 0 aliphatic heterocycles. The van der Waals surface area contributed by atoms with E-state index in [-0.39, 0.29) is 0 Å². The quantitative estimate of drug-likeness (QED) is 0.835. The van der Waals surface area contributed by atoms with Crippen LogP contribution in [0.5, 0.6) is 0 Å². The molecule has 0 amide bonds. The van der Waals surface area contributed by atoms with Gasteiger partial charge in [0.05, 0.1) is 5.60 Å². The summed E-state index contributed by atoms with van der Waals surface area (Å²) in [4.78, 5) is 6.35. The topological polar surface area (TPSA) is 49.2 Å². The molecule has 1 N–H and O–H groups in total. The number of aliphatic hydroxyl groups is 1. The molecule has 0 fully saturated rings. The zero-order valence-electron chi connectivity index (χ0n) is 9.82. The van der Waals surface area contributed by atoms with Crippen LogP contribution < -0.4 is 4.90 Å². The first-order valence-electron chi connectivity index (χ1n) is 5.18. The normalized spacial score (nSPS) is 11.8. The number of hydrogen-bond donors (Lipinski definition) is 1. The number of likely N-dealkylation sites (N-methyl/N-ethyl adjacent to an activating group) is 1. The molecule has 0 aliphatic rings. The Kier molecular flexibility index (Phi) is 4.04. The summed E-state index contributed by atoms with van der Waals surface area (Å²) in [6.45, 7) is 6.25. The molecule has 0 spiro atoms. The van der Waals surface area contributed by atoms with Crippen molar-refractivity contribution in [1.29, 1.82) is 0 Å². The van der Waals surface area contributed by atoms with Crippen LogP contribution in [-0.4, -0.2) is 33.7 Å². The van der Waals surface area contributed by atoms with Crippen LogP contribution >= 0.6 is 11.5 Å². The van der Waals surface area contributed by atoms with E-state index in [1.54, 1.807) is 13.8 Å². The molecule has 5 heteroatoms. The third-order valence-electron chi connectivity index (χ3n) is 1.88. The monoisotopic (exact) mass is 229 g/mol. The van der Waals surface area contributed by atoms with Gasteiger partial charge in [-0.3, -0.25) is 0 Å². The maximum absolute atomic E-state index is 9.67. The van der Waals surface area contributed by atoms with Gasteiger partial charge in [0.15, 0.2) is 0 Å². The third-order valence-corrected chi connectivity index (χ3v) is 2.75. The van der Waals surface area contributed by atoms with Crippen LogP contribution in [0.15, 0.2) is 0 Å². The number of aromatic nitrogens is 2. The summed E-state index contributed by atoms with van der Waals surface area (Å²) in [7, 11) is 1.92. The lowest BCUT2D eigenvalue weighted by Gasteiger charge is -2.24. The van der Waals surface area contributed by atoms with E-state index in [0.29, 0.717) is 6.54 Å². The molecule has 86 valence electrons. The fourth-order valence-electron chi connectivity index (χ4n) is 1.37. The van der Waals surface area contributed by atoms with Gasteiger partial charge in [-0.05, 0) is 20.3 Å². The zero-order valence-corrected chi connectivity index (χ0v) is 10.6. The van der Waals surface area contributed by atoms with E-state index in [0.717, 1.165) is 23.8 Å². The zero-order chi connectivity index (χ0) is 11.5. The minimum absolute atomic E-state index is 0.563. The Hall–Kier alpha value is -0.680. The molecule has 1 aromatic heterocycles. The minimum atomic E-state index is -0.703. The molecule has 0 aromatic carbocycles. The number of rotatable bonds is 5. The average molecular weight is 229 g/mol. The van der Waals surface area contributed by atoms with Crippen molar-refractivity contribution in [3.63, 3.8) is 0 Å². The Bertz CT molecular complexity index is 306. The molecule has 1 rings (SSSR count). The first-order chi connectivity index (χ1) is 6.92. The molecular formula is C10H19N3OS. The molecule has 0 bridgehead atoms. The smallest absolute Gasteiger partial charge is 0.205 e. The van der Waals surface area contributed by atoms with Crippen molar-refractivity contribution in [1.82, 2.24) is 9.36 Å². The van der Waals surface area contributed by atoms with Crippen molar-refractivity contribution in [2.75, 3.05) is 18.5 Å². The highest BCUT2D eigenvalue weighted by atomic mass is 32.1. The van der Waals surface area contributed by atoms with Crippen LogP contribution in [0, 0.1) is 0 Å². The predicted octanol–water partition coefficient (Wildman–Crippen LogP) is 1.70. The molecule has 0 radical (unpaired) electrons. The molecule has 1 aromatic rings. The van der Waals surface area contributed by atoms with Gasteiger partial charge in [0.2, 0.25) is 5.13 Å². The molecule has 0 unspecified atom stereocenters. The van der Waals surface area contributed by atoms with E-state index >= 15 is 0 Å². The standard InChI is InChI=1S/C10H19N3OS/c1-5-6-8-11-9(15-12-8)13(4)7-10(2,3)14/h14H,5-7H2,1-4H3. The molecule has 0 atom stereocenters. The minimum Gasteiger partial charge on any atom is -0.389 e. The highest BCUT2D eigenvalue weighted by molar-refractivity contribution is 7.09. The van der Waals surface area contributed by atoms with Crippen LogP contribution in [0.3, 0.4) is 0 Å². The van der Waals surface area contributed by atoms with Crippen molar-refractivity contribution in [2.45, 2.75) is 39.2 Å². The predicted molar refractivity (Wildman–Crippen MR) is 63.5 cm³/mol. The fourth-order valence-corrected chi connectivity index (χ4v) is 2.04. The first kappa shape index (κ1) is 12.4. The van der Waals surface area contributed by atoms with E-state index in [1.807, 2.05) is 11.9 Å². The SMILES string of the molecule is CCCc1nsc(N(C)CC(C)(C)O)n1. The summed E-state index contributed by atoms with van der Waals surface area (Å²) in [5, 5.41) is 10.5. The molecule has 4 nitrogen and oxygen atoms in total. The van der Waals surface area contributed by atoms with Gasteiger partial charge in [-0.25, -0.2) is 4.98 Å². The lowest BCUT2D eigenvalue weighted by Crippen LogP contribution is -2.36. The van der Waals surface area contributed by atoms with Gasteiger partial charge >= 0.3 is 0 Å². The Morgan fingerprint density at radius 1 is 1.47 bits per heavy atom. The van der Waals surface area contributed by atoms with Gasteiger partial charge in [-0.1, -0.05) is 6.92 Å². The summed E-state index contributed by atoms with van der Waals surface area (Å²) < 4.78 is 4.26. The van der Waals surface area contributed by atoms with Crippen molar-refractivity contribution < 1.29 is 5.11 Å². The second kappa shape index (κ2) is 4.90. The third kappa shape index (κ3) is 4.13. The van der Waals surface area contributed by atoms with E-state index in [9.17, 15) is 5.11 Å². The largest absolute Gasteiger partial charge is 0.389 e. The number of nitrogens with zero attached hydrogens (tertiary/aromatic N) is 3. The van der Waals surface area contributed by atoms with E-state index in [2.05, 4.69) is 16.3 Å². The number of hydrogen-bond acceptors (Lipinski definition) is 5. The van der Waals surface area contributed by atoms with Crippen molar-refractivity contribution in [3.8, 4) is 0 Å². The molecular weight excluding hydrogens is 210 g/mol. The Labute approximate surface area is 95.1 Å². The molecule has 0 saturated carbocycles. The van der Waals surface area contributed by atoms with E-state index < -0.39 is 5.60 Å².